The number of esters is 1. The minimum atomic E-state index is -0.455. The normalized spacial score (nSPS) is 10.0. The molecule has 4 nitrogen and oxygen atoms in total. The summed E-state index contributed by atoms with van der Waals surface area (Å²) in [4.78, 5) is 10.7. The second-order valence-corrected chi connectivity index (χ2v) is 2.62. The lowest BCUT2D eigenvalue weighted by atomic mass is 10.3. The van der Waals surface area contributed by atoms with E-state index in [1.165, 1.54) is 19.4 Å². The Labute approximate surface area is 88.1 Å². The van der Waals surface area contributed by atoms with Crippen LogP contribution in [0, 0.1) is 0 Å². The number of rotatable bonds is 4. The largest absolute Gasteiger partial charge is 0.497 e. The highest BCUT2D eigenvalue weighted by molar-refractivity contribution is 5.81. The molecule has 0 N–H and O–H groups in total. The van der Waals surface area contributed by atoms with Crippen LogP contribution >= 0.6 is 0 Å². The Hall–Kier alpha value is -1.97. The summed E-state index contributed by atoms with van der Waals surface area (Å²) < 4.78 is 14.5. The Morgan fingerprint density at radius 1 is 1.13 bits per heavy atom. The Bertz CT molecular complexity index is 340. The Morgan fingerprint density at radius 2 is 1.73 bits per heavy atom. The minimum absolute atomic E-state index is 0.455. The molecule has 1 aromatic rings. The molecule has 0 fully saturated rings. The molecule has 0 heterocycles. The van der Waals surface area contributed by atoms with E-state index < -0.39 is 5.97 Å². The predicted octanol–water partition coefficient (Wildman–Crippen LogP) is 1.76. The van der Waals surface area contributed by atoms with Crippen molar-refractivity contribution in [3.63, 3.8) is 0 Å². The smallest absolute Gasteiger partial charge is 0.333 e. The molecule has 0 bridgehead atoms. The molecule has 80 valence electrons. The zero-order valence-corrected chi connectivity index (χ0v) is 8.60. The van der Waals surface area contributed by atoms with Crippen LogP contribution in [0.4, 0.5) is 0 Å². The number of hydrogen-bond acceptors (Lipinski definition) is 4. The van der Waals surface area contributed by atoms with Gasteiger partial charge in [0.25, 0.3) is 0 Å². The number of benzene rings is 1. The summed E-state index contributed by atoms with van der Waals surface area (Å²) in [6.07, 6.45) is 2.47. The SMILES string of the molecule is COC(=O)C=COc1ccc(OC)cc1. The van der Waals surface area contributed by atoms with Gasteiger partial charge in [0.2, 0.25) is 0 Å². The lowest BCUT2D eigenvalue weighted by Gasteiger charge is -2.01. The lowest BCUT2D eigenvalue weighted by Crippen LogP contribution is -1.95. The zero-order valence-electron chi connectivity index (χ0n) is 8.60. The summed E-state index contributed by atoms with van der Waals surface area (Å²) >= 11 is 0. The molecule has 0 atom stereocenters. The fraction of sp³-hybridized carbons (Fsp3) is 0.182. The van der Waals surface area contributed by atoms with Crippen molar-refractivity contribution in [2.75, 3.05) is 14.2 Å². The molecule has 0 radical (unpaired) electrons. The summed E-state index contributed by atoms with van der Waals surface area (Å²) in [7, 11) is 2.90. The van der Waals surface area contributed by atoms with Crippen molar-refractivity contribution in [3.8, 4) is 11.5 Å². The highest BCUT2D eigenvalue weighted by atomic mass is 16.5. The van der Waals surface area contributed by atoms with E-state index in [0.29, 0.717) is 5.75 Å². The maximum atomic E-state index is 10.7. The standard InChI is InChI=1S/C11H12O4/c1-13-9-3-5-10(6-4-9)15-8-7-11(12)14-2/h3-8H,1-2H3. The van der Waals surface area contributed by atoms with Gasteiger partial charge < -0.3 is 14.2 Å². The highest BCUT2D eigenvalue weighted by Gasteiger charge is 1.94. The molecular weight excluding hydrogens is 196 g/mol. The summed E-state index contributed by atoms with van der Waals surface area (Å²) in [5, 5.41) is 0. The lowest BCUT2D eigenvalue weighted by molar-refractivity contribution is -0.134. The molecule has 0 saturated carbocycles. The van der Waals surface area contributed by atoms with Crippen molar-refractivity contribution in [3.05, 3.63) is 36.6 Å². The van der Waals surface area contributed by atoms with Crippen molar-refractivity contribution in [1.29, 1.82) is 0 Å². The van der Waals surface area contributed by atoms with Gasteiger partial charge in [-0.2, -0.15) is 0 Å². The third-order valence-corrected chi connectivity index (χ3v) is 1.67. The summed E-state index contributed by atoms with van der Waals surface area (Å²) in [6, 6.07) is 7.00. The van der Waals surface area contributed by atoms with Crippen LogP contribution in [-0.2, 0) is 9.53 Å². The van der Waals surface area contributed by atoms with Crippen molar-refractivity contribution in [1.82, 2.24) is 0 Å². The van der Waals surface area contributed by atoms with Crippen LogP contribution in [0.1, 0.15) is 0 Å². The van der Waals surface area contributed by atoms with Crippen LogP contribution < -0.4 is 9.47 Å². The number of carbonyl (C=O) groups is 1. The van der Waals surface area contributed by atoms with Gasteiger partial charge in [-0.25, -0.2) is 4.79 Å². The number of ether oxygens (including phenoxy) is 3. The van der Waals surface area contributed by atoms with Crippen LogP contribution in [0.3, 0.4) is 0 Å². The Balaban J connectivity index is 2.51. The van der Waals surface area contributed by atoms with E-state index in [1.807, 2.05) is 0 Å². The van der Waals surface area contributed by atoms with Crippen molar-refractivity contribution >= 4 is 5.97 Å². The molecular formula is C11H12O4. The maximum Gasteiger partial charge on any atom is 0.333 e. The summed E-state index contributed by atoms with van der Waals surface area (Å²) in [5.74, 6) is 0.916. The van der Waals surface area contributed by atoms with Gasteiger partial charge in [0, 0.05) is 0 Å². The van der Waals surface area contributed by atoms with Crippen molar-refractivity contribution in [2.24, 2.45) is 0 Å². The highest BCUT2D eigenvalue weighted by Crippen LogP contribution is 2.16. The molecule has 0 saturated heterocycles. The molecule has 0 aliphatic carbocycles. The van der Waals surface area contributed by atoms with E-state index in [0.717, 1.165) is 5.75 Å². The van der Waals surface area contributed by atoms with Crippen molar-refractivity contribution < 1.29 is 19.0 Å². The van der Waals surface area contributed by atoms with E-state index in [1.54, 1.807) is 31.4 Å². The Morgan fingerprint density at radius 3 is 2.27 bits per heavy atom. The molecule has 0 aliphatic rings. The minimum Gasteiger partial charge on any atom is -0.497 e. The first-order valence-electron chi connectivity index (χ1n) is 4.31. The molecule has 1 aromatic carbocycles. The maximum absolute atomic E-state index is 10.7. The van der Waals surface area contributed by atoms with Crippen LogP contribution in [0.2, 0.25) is 0 Å². The zero-order chi connectivity index (χ0) is 11.1. The van der Waals surface area contributed by atoms with Gasteiger partial charge in [0.1, 0.15) is 11.5 Å². The van der Waals surface area contributed by atoms with Crippen molar-refractivity contribution in [2.45, 2.75) is 0 Å². The van der Waals surface area contributed by atoms with Crippen LogP contribution in [0.15, 0.2) is 36.6 Å². The van der Waals surface area contributed by atoms with Gasteiger partial charge in [-0.1, -0.05) is 0 Å². The van der Waals surface area contributed by atoms with Gasteiger partial charge in [-0.3, -0.25) is 0 Å². The molecule has 0 spiro atoms. The Kier molecular flexibility index (Phi) is 4.22. The average Bonchev–Trinajstić information content (AvgIpc) is 2.29. The molecule has 0 aromatic heterocycles. The van der Waals surface area contributed by atoms with Gasteiger partial charge in [-0.15, -0.1) is 0 Å². The first-order valence-corrected chi connectivity index (χ1v) is 4.31. The number of carbonyl (C=O) groups excluding carboxylic acids is 1. The molecule has 4 heteroatoms. The average molecular weight is 208 g/mol. The van der Waals surface area contributed by atoms with E-state index in [9.17, 15) is 4.79 Å². The van der Waals surface area contributed by atoms with E-state index in [2.05, 4.69) is 4.74 Å². The topological polar surface area (TPSA) is 44.8 Å². The van der Waals surface area contributed by atoms with Gasteiger partial charge in [-0.05, 0) is 24.3 Å². The molecule has 1 rings (SSSR count). The fourth-order valence-electron chi connectivity index (χ4n) is 0.890. The van der Waals surface area contributed by atoms with Gasteiger partial charge in [0.15, 0.2) is 0 Å². The summed E-state index contributed by atoms with van der Waals surface area (Å²) in [6.45, 7) is 0. The van der Waals surface area contributed by atoms with E-state index in [4.69, 9.17) is 9.47 Å². The monoisotopic (exact) mass is 208 g/mol. The molecule has 0 unspecified atom stereocenters. The second-order valence-electron chi connectivity index (χ2n) is 2.62. The molecule has 0 aliphatic heterocycles. The van der Waals surface area contributed by atoms with Crippen LogP contribution in [0.5, 0.6) is 11.5 Å². The number of methoxy groups -OCH3 is 2. The third-order valence-electron chi connectivity index (χ3n) is 1.67. The van der Waals surface area contributed by atoms with Crippen LogP contribution in [0.25, 0.3) is 0 Å². The fourth-order valence-corrected chi connectivity index (χ4v) is 0.890. The molecule has 15 heavy (non-hydrogen) atoms. The van der Waals surface area contributed by atoms with Crippen LogP contribution in [-0.4, -0.2) is 20.2 Å². The molecule has 0 amide bonds. The quantitative estimate of drug-likeness (QED) is 0.429. The third kappa shape index (κ3) is 3.72. The van der Waals surface area contributed by atoms with E-state index >= 15 is 0 Å². The first kappa shape index (κ1) is 11.1. The summed E-state index contributed by atoms with van der Waals surface area (Å²) in [5.41, 5.74) is 0. The first-order chi connectivity index (χ1) is 7.26. The van der Waals surface area contributed by atoms with Gasteiger partial charge in [0.05, 0.1) is 26.6 Å². The second kappa shape index (κ2) is 5.70. The predicted molar refractivity (Wildman–Crippen MR) is 54.8 cm³/mol. The van der Waals surface area contributed by atoms with E-state index in [-0.39, 0.29) is 0 Å². The van der Waals surface area contributed by atoms with Gasteiger partial charge >= 0.3 is 5.97 Å². The number of hydrogen-bond donors (Lipinski definition) is 0.